The zero-order chi connectivity index (χ0) is 30.5. The highest BCUT2D eigenvalue weighted by molar-refractivity contribution is 6.13. The van der Waals surface area contributed by atoms with Gasteiger partial charge in [-0.05, 0) is 77.7 Å². The van der Waals surface area contributed by atoms with E-state index >= 15 is 0 Å². The quantitative estimate of drug-likeness (QED) is 0.223. The number of para-hydroxylation sites is 1. The molecule has 0 unspecified atom stereocenters. The first-order chi connectivity index (χ1) is 20.3. The van der Waals surface area contributed by atoms with Gasteiger partial charge in [0.25, 0.3) is 0 Å². The highest BCUT2D eigenvalue weighted by atomic mass is 16.3. The van der Waals surface area contributed by atoms with Gasteiger partial charge in [-0.1, -0.05) is 75.6 Å². The third-order valence-electron chi connectivity index (χ3n) is 8.39. The molecule has 0 spiro atoms. The first-order valence-corrected chi connectivity index (χ1v) is 13.9. The minimum absolute atomic E-state index is 0.371. The Morgan fingerprint density at radius 3 is 2.45 bits per heavy atom. The van der Waals surface area contributed by atoms with Gasteiger partial charge in [-0.2, -0.15) is 0 Å². The van der Waals surface area contributed by atoms with Gasteiger partial charge in [0.15, 0.2) is 6.20 Å². The second kappa shape index (κ2) is 8.83. The summed E-state index contributed by atoms with van der Waals surface area (Å²) in [5.41, 5.74) is 6.04. The van der Waals surface area contributed by atoms with Gasteiger partial charge in [-0.3, -0.25) is 0 Å². The van der Waals surface area contributed by atoms with Gasteiger partial charge >= 0.3 is 0 Å². The molecule has 2 heterocycles. The maximum Gasteiger partial charge on any atom is 0.216 e. The lowest BCUT2D eigenvalue weighted by atomic mass is 9.80. The molecule has 5 aromatic rings. The van der Waals surface area contributed by atoms with Crippen molar-refractivity contribution in [2.75, 3.05) is 0 Å². The molecule has 2 aliphatic carbocycles. The van der Waals surface area contributed by atoms with Crippen molar-refractivity contribution >= 4 is 21.9 Å². The Bertz CT molecular complexity index is 1930. The molecule has 7 rings (SSSR count). The van der Waals surface area contributed by atoms with Crippen LogP contribution < -0.4 is 4.57 Å². The maximum atomic E-state index is 9.48. The van der Waals surface area contributed by atoms with Crippen LogP contribution in [0, 0.1) is 12.3 Å². The fourth-order valence-corrected chi connectivity index (χ4v) is 6.56. The van der Waals surface area contributed by atoms with Crippen molar-refractivity contribution in [3.8, 4) is 22.4 Å². The maximum absolute atomic E-state index is 9.48. The van der Waals surface area contributed by atoms with Gasteiger partial charge in [0, 0.05) is 35.3 Å². The van der Waals surface area contributed by atoms with Crippen LogP contribution in [0.1, 0.15) is 81.0 Å². The number of hydrogen-bond donors (Lipinski definition) is 0. The van der Waals surface area contributed by atoms with Crippen LogP contribution in [0.4, 0.5) is 0 Å². The van der Waals surface area contributed by atoms with E-state index in [0.717, 1.165) is 58.0 Å². The monoisotopic (exact) mass is 505 g/mol. The summed E-state index contributed by atoms with van der Waals surface area (Å²) in [7, 11) is 2.02. The lowest BCUT2D eigenvalue weighted by Crippen LogP contribution is -2.30. The van der Waals surface area contributed by atoms with Crippen molar-refractivity contribution < 1.29 is 15.8 Å². The summed E-state index contributed by atoms with van der Waals surface area (Å²) in [5, 5.41) is 1.93. The molecule has 0 bridgehead atoms. The topological polar surface area (TPSA) is 17.0 Å². The van der Waals surface area contributed by atoms with Crippen LogP contribution in [0.15, 0.2) is 71.3 Å². The lowest BCUT2D eigenvalue weighted by molar-refractivity contribution is -0.660. The van der Waals surface area contributed by atoms with Crippen molar-refractivity contribution in [3.63, 3.8) is 0 Å². The summed E-state index contributed by atoms with van der Waals surface area (Å²) < 4.78 is 56.0. The second-order valence-electron chi connectivity index (χ2n) is 11.6. The number of nitrogens with zero attached hydrogens (tertiary/aromatic N) is 1. The molecular formula is C36H38NO+. The van der Waals surface area contributed by atoms with Crippen molar-refractivity contribution in [2.24, 2.45) is 12.5 Å². The van der Waals surface area contributed by atoms with E-state index in [-0.39, 0.29) is 0 Å². The first kappa shape index (κ1) is 18.8. The summed E-state index contributed by atoms with van der Waals surface area (Å²) in [6.45, 7) is 5.46. The SMILES string of the molecule is [2H]C1(c2ccc(-c3cccc4c3oc3c(-c5cccc[n+]5C)c(C)ccc34)c3c2C([2H])([2H])C(C)(C)C3([2H])[2H])CCCCC1. The number of benzene rings is 3. The van der Waals surface area contributed by atoms with Crippen LogP contribution in [-0.2, 0) is 19.8 Å². The highest BCUT2D eigenvalue weighted by Gasteiger charge is 2.34. The molecule has 2 aromatic heterocycles. The lowest BCUT2D eigenvalue weighted by Gasteiger charge is -2.25. The Labute approximate surface area is 233 Å². The third kappa shape index (κ3) is 3.72. The summed E-state index contributed by atoms with van der Waals surface area (Å²) in [4.78, 5) is 0. The molecule has 0 saturated heterocycles. The summed E-state index contributed by atoms with van der Waals surface area (Å²) >= 11 is 0. The Balaban J connectivity index is 1.55. The van der Waals surface area contributed by atoms with Crippen molar-refractivity contribution in [2.45, 2.75) is 71.5 Å². The number of aromatic nitrogens is 1. The number of pyridine rings is 1. The van der Waals surface area contributed by atoms with Gasteiger partial charge in [-0.15, -0.1) is 0 Å². The van der Waals surface area contributed by atoms with Crippen LogP contribution in [0.5, 0.6) is 0 Å². The van der Waals surface area contributed by atoms with Crippen LogP contribution in [0.2, 0.25) is 0 Å². The van der Waals surface area contributed by atoms with E-state index in [4.69, 9.17) is 4.42 Å². The van der Waals surface area contributed by atoms with Crippen LogP contribution in [-0.4, -0.2) is 0 Å². The van der Waals surface area contributed by atoms with E-state index in [9.17, 15) is 6.85 Å². The molecule has 0 amide bonds. The first-order valence-electron chi connectivity index (χ1n) is 16.4. The molecule has 3 aromatic carbocycles. The van der Waals surface area contributed by atoms with Gasteiger partial charge in [0.2, 0.25) is 5.69 Å². The number of rotatable bonds is 3. The van der Waals surface area contributed by atoms with E-state index in [1.165, 1.54) is 0 Å². The number of fused-ring (bicyclic) bond motifs is 4. The second-order valence-corrected chi connectivity index (χ2v) is 11.6. The number of aryl methyl sites for hydroxylation is 2. The molecule has 2 heteroatoms. The van der Waals surface area contributed by atoms with E-state index < -0.39 is 24.1 Å². The van der Waals surface area contributed by atoms with E-state index in [2.05, 4.69) is 29.7 Å². The number of hydrogen-bond acceptors (Lipinski definition) is 1. The summed E-state index contributed by atoms with van der Waals surface area (Å²) in [6.07, 6.45) is 2.35. The average Bonchev–Trinajstić information content (AvgIpc) is 3.40. The standard InChI is InChI=1S/C36H38NO/c1-23-16-17-29-28-14-10-13-27(34(28)38-35(29)33(23)32-15-8-9-20-37(32)4)26-19-18-25(24-11-6-5-7-12-24)30-21-36(2,3)22-31(26)30/h8-10,13-20,24H,5-7,11-12,21-22H2,1-4H3/q+1/i21D2,22D2,24D. The smallest absolute Gasteiger partial charge is 0.216 e. The van der Waals surface area contributed by atoms with Gasteiger partial charge < -0.3 is 4.42 Å². The molecule has 1 fully saturated rings. The van der Waals surface area contributed by atoms with Crippen LogP contribution in [0.25, 0.3) is 44.3 Å². The van der Waals surface area contributed by atoms with Gasteiger partial charge in [0.05, 0.1) is 5.56 Å². The largest absolute Gasteiger partial charge is 0.454 e. The summed E-state index contributed by atoms with van der Waals surface area (Å²) in [5.74, 6) is -0.923. The molecule has 0 atom stereocenters. The Morgan fingerprint density at radius 2 is 1.63 bits per heavy atom. The molecule has 2 aliphatic rings. The normalized spacial score (nSPS) is 22.8. The molecule has 0 N–H and O–H groups in total. The molecule has 1 saturated carbocycles. The zero-order valence-electron chi connectivity index (χ0n) is 27.7. The molecule has 0 aliphatic heterocycles. The molecule has 38 heavy (non-hydrogen) atoms. The molecule has 192 valence electrons. The fraction of sp³-hybridized carbons (Fsp3) is 0.361. The number of furan rings is 1. The fourth-order valence-electron chi connectivity index (χ4n) is 6.56. The minimum atomic E-state index is -1.98. The Kier molecular flexibility index (Phi) is 4.37. The molecule has 0 radical (unpaired) electrons. The zero-order valence-corrected chi connectivity index (χ0v) is 22.7. The van der Waals surface area contributed by atoms with Crippen LogP contribution >= 0.6 is 0 Å². The average molecular weight is 506 g/mol. The van der Waals surface area contributed by atoms with E-state index in [1.54, 1.807) is 13.8 Å². The van der Waals surface area contributed by atoms with Gasteiger partial charge in [-0.25, -0.2) is 4.57 Å². The van der Waals surface area contributed by atoms with Crippen molar-refractivity contribution in [3.05, 3.63) is 89.1 Å². The third-order valence-corrected chi connectivity index (χ3v) is 8.39. The van der Waals surface area contributed by atoms with Crippen molar-refractivity contribution in [1.82, 2.24) is 0 Å². The highest BCUT2D eigenvalue weighted by Crippen LogP contribution is 2.48. The molecule has 2 nitrogen and oxygen atoms in total. The Hall–Kier alpha value is -3.39. The van der Waals surface area contributed by atoms with E-state index in [0.29, 0.717) is 40.7 Å². The summed E-state index contributed by atoms with van der Waals surface area (Å²) in [6, 6.07) is 20.2. The Morgan fingerprint density at radius 1 is 0.842 bits per heavy atom. The predicted octanol–water partition coefficient (Wildman–Crippen LogP) is 9.23. The van der Waals surface area contributed by atoms with Crippen molar-refractivity contribution in [1.29, 1.82) is 0 Å². The van der Waals surface area contributed by atoms with E-state index in [1.807, 2.05) is 55.7 Å². The minimum Gasteiger partial charge on any atom is -0.454 e. The molecular weight excluding hydrogens is 462 g/mol. The van der Waals surface area contributed by atoms with Gasteiger partial charge in [0.1, 0.15) is 18.2 Å². The van der Waals surface area contributed by atoms with Crippen LogP contribution in [0.3, 0.4) is 0 Å². The predicted molar refractivity (Wildman–Crippen MR) is 158 cm³/mol.